The predicted octanol–water partition coefficient (Wildman–Crippen LogP) is 2.93. The van der Waals surface area contributed by atoms with E-state index in [-0.39, 0.29) is 34.4 Å². The lowest BCUT2D eigenvalue weighted by atomic mass is 9.94. The first-order valence-corrected chi connectivity index (χ1v) is 11.9. The molecule has 4 heterocycles. The van der Waals surface area contributed by atoms with Crippen molar-refractivity contribution in [2.75, 3.05) is 24.8 Å². The van der Waals surface area contributed by atoms with Crippen molar-refractivity contribution in [3.05, 3.63) is 56.1 Å². The fraction of sp³-hybridized carbons (Fsp3) is 0.435. The number of pyridine rings is 1. The fourth-order valence-corrected chi connectivity index (χ4v) is 5.84. The Kier molecular flexibility index (Phi) is 5.37. The summed E-state index contributed by atoms with van der Waals surface area (Å²) in [6.45, 7) is 4.59. The molecule has 2 aliphatic rings. The lowest BCUT2D eigenvalue weighted by Crippen LogP contribution is -2.36. The summed E-state index contributed by atoms with van der Waals surface area (Å²) in [5.74, 6) is 1.03. The Balaban J connectivity index is 1.65. The van der Waals surface area contributed by atoms with Crippen LogP contribution in [0.1, 0.15) is 49.1 Å². The van der Waals surface area contributed by atoms with E-state index in [1.165, 1.54) is 11.8 Å². The van der Waals surface area contributed by atoms with Gasteiger partial charge in [-0.05, 0) is 51.0 Å². The molecule has 10 heteroatoms. The van der Waals surface area contributed by atoms with Gasteiger partial charge in [0.1, 0.15) is 11.6 Å². The van der Waals surface area contributed by atoms with Crippen molar-refractivity contribution in [1.29, 1.82) is 0 Å². The van der Waals surface area contributed by atoms with Gasteiger partial charge in [0.05, 0.1) is 35.3 Å². The molecule has 2 aromatic heterocycles. The van der Waals surface area contributed by atoms with Crippen molar-refractivity contribution in [3.8, 4) is 5.75 Å². The van der Waals surface area contributed by atoms with Crippen LogP contribution in [0.15, 0.2) is 33.9 Å². The zero-order valence-corrected chi connectivity index (χ0v) is 19.5. The highest BCUT2D eigenvalue weighted by Gasteiger charge is 2.36. The summed E-state index contributed by atoms with van der Waals surface area (Å²) in [7, 11) is 1.58. The Hall–Kier alpha value is -2.98. The third-order valence-corrected chi connectivity index (χ3v) is 7.51. The molecule has 5 rings (SSSR count). The Morgan fingerprint density at radius 1 is 1.18 bits per heavy atom. The summed E-state index contributed by atoms with van der Waals surface area (Å²) in [4.78, 5) is 41.7. The van der Waals surface area contributed by atoms with Crippen molar-refractivity contribution in [3.63, 3.8) is 0 Å². The Morgan fingerprint density at radius 2 is 2.00 bits per heavy atom. The van der Waals surface area contributed by atoms with Gasteiger partial charge in [-0.25, -0.2) is 0 Å². The van der Waals surface area contributed by atoms with E-state index >= 15 is 0 Å². The molecule has 0 spiro atoms. The van der Waals surface area contributed by atoms with Crippen LogP contribution in [-0.2, 0) is 9.53 Å². The summed E-state index contributed by atoms with van der Waals surface area (Å²) in [6, 6.07) is 7.14. The van der Waals surface area contributed by atoms with Crippen molar-refractivity contribution < 1.29 is 14.3 Å². The quantitative estimate of drug-likeness (QED) is 0.542. The standard InChI is InChI=1S/C23H26N4O5S/c1-23(2)10-13(6-7-32-23)27-20-18(22(30)26-27)19(33-11-17(28)25-20)15-9-12-8-14(31-3)4-5-16(12)24-21(15)29/h4-5,8-9,13,19H,6-7,10-11H2,1-3H3,(H,24,29)(H,25,28)(H,26,30)/t13-,19+/m0/s1. The molecule has 174 valence electrons. The molecular formula is C23H26N4O5S. The molecule has 1 fully saturated rings. The zero-order chi connectivity index (χ0) is 23.3. The van der Waals surface area contributed by atoms with Crippen LogP contribution >= 0.6 is 11.8 Å². The van der Waals surface area contributed by atoms with Crippen molar-refractivity contribution in [2.24, 2.45) is 0 Å². The number of hydrogen-bond donors (Lipinski definition) is 3. The normalized spacial score (nSPS) is 22.5. The monoisotopic (exact) mass is 470 g/mol. The molecule has 2 aliphatic heterocycles. The summed E-state index contributed by atoms with van der Waals surface area (Å²) in [5.41, 5.74) is 0.559. The molecule has 3 N–H and O–H groups in total. The number of anilines is 1. The lowest BCUT2D eigenvalue weighted by Gasteiger charge is -2.36. The molecule has 1 aromatic carbocycles. The van der Waals surface area contributed by atoms with Crippen molar-refractivity contribution in [2.45, 2.75) is 43.6 Å². The first-order valence-electron chi connectivity index (χ1n) is 10.9. The van der Waals surface area contributed by atoms with Gasteiger partial charge in [-0.15, -0.1) is 11.8 Å². The minimum atomic E-state index is -0.601. The van der Waals surface area contributed by atoms with Crippen LogP contribution in [0.25, 0.3) is 10.9 Å². The van der Waals surface area contributed by atoms with Gasteiger partial charge in [0.15, 0.2) is 0 Å². The third-order valence-electron chi connectivity index (χ3n) is 6.26. The third kappa shape index (κ3) is 3.97. The molecule has 0 bridgehead atoms. The molecule has 0 unspecified atom stereocenters. The smallest absolute Gasteiger partial charge is 0.270 e. The number of H-pyrrole nitrogens is 2. The van der Waals surface area contributed by atoms with Gasteiger partial charge in [0.25, 0.3) is 11.1 Å². The first-order chi connectivity index (χ1) is 15.8. The molecule has 1 amide bonds. The number of benzene rings is 1. The van der Waals surface area contributed by atoms with Gasteiger partial charge in [-0.3, -0.25) is 24.2 Å². The molecule has 1 saturated heterocycles. The highest BCUT2D eigenvalue weighted by Crippen LogP contribution is 2.41. The fourth-order valence-electron chi connectivity index (χ4n) is 4.71. The molecule has 33 heavy (non-hydrogen) atoms. The van der Waals surface area contributed by atoms with Crippen LogP contribution in [0.4, 0.5) is 5.82 Å². The highest BCUT2D eigenvalue weighted by atomic mass is 32.2. The Morgan fingerprint density at radius 3 is 2.76 bits per heavy atom. The average molecular weight is 471 g/mol. The second-order valence-corrected chi connectivity index (χ2v) is 10.2. The minimum Gasteiger partial charge on any atom is -0.497 e. The largest absolute Gasteiger partial charge is 0.497 e. The number of nitrogens with zero attached hydrogens (tertiary/aromatic N) is 1. The van der Waals surface area contributed by atoms with Crippen LogP contribution in [0.2, 0.25) is 0 Å². The van der Waals surface area contributed by atoms with Crippen LogP contribution in [0.3, 0.4) is 0 Å². The van der Waals surface area contributed by atoms with Crippen LogP contribution in [0, 0.1) is 0 Å². The number of thioether (sulfide) groups is 1. The molecule has 3 aromatic rings. The van der Waals surface area contributed by atoms with E-state index in [1.54, 1.807) is 30.0 Å². The van der Waals surface area contributed by atoms with E-state index in [0.29, 0.717) is 47.7 Å². The van der Waals surface area contributed by atoms with E-state index in [1.807, 2.05) is 19.9 Å². The van der Waals surface area contributed by atoms with E-state index in [2.05, 4.69) is 15.4 Å². The Labute approximate surface area is 193 Å². The molecule has 2 atom stereocenters. The van der Waals surface area contributed by atoms with Crippen LogP contribution in [-0.4, -0.2) is 45.7 Å². The lowest BCUT2D eigenvalue weighted by molar-refractivity contribution is -0.113. The van der Waals surface area contributed by atoms with E-state index in [9.17, 15) is 14.4 Å². The maximum Gasteiger partial charge on any atom is 0.270 e. The molecular weight excluding hydrogens is 444 g/mol. The topological polar surface area (TPSA) is 118 Å². The van der Waals surface area contributed by atoms with E-state index < -0.39 is 5.25 Å². The average Bonchev–Trinajstić information content (AvgIpc) is 2.98. The number of fused-ring (bicyclic) bond motifs is 2. The van der Waals surface area contributed by atoms with Gasteiger partial charge in [0.2, 0.25) is 5.91 Å². The number of carbonyl (C=O) groups excluding carboxylic acids is 1. The van der Waals surface area contributed by atoms with Gasteiger partial charge in [0, 0.05) is 23.1 Å². The number of carbonyl (C=O) groups is 1. The second-order valence-electron chi connectivity index (χ2n) is 9.07. The number of methoxy groups -OCH3 is 1. The number of aromatic nitrogens is 3. The SMILES string of the molecule is COc1ccc2[nH]c(=O)c([C@H]3SCC(=O)Nc4c3c(=O)[nH]n4[C@H]3CCOC(C)(C)C3)cc2c1. The van der Waals surface area contributed by atoms with Gasteiger partial charge in [-0.1, -0.05) is 0 Å². The molecule has 0 aliphatic carbocycles. The summed E-state index contributed by atoms with van der Waals surface area (Å²) >= 11 is 1.27. The number of aromatic amines is 2. The molecule has 0 radical (unpaired) electrons. The Bertz CT molecular complexity index is 1360. The number of nitrogens with one attached hydrogen (secondary N) is 3. The number of hydrogen-bond acceptors (Lipinski definition) is 6. The zero-order valence-electron chi connectivity index (χ0n) is 18.7. The number of amides is 1. The number of rotatable bonds is 3. The van der Waals surface area contributed by atoms with Crippen LogP contribution < -0.4 is 21.2 Å². The summed E-state index contributed by atoms with van der Waals surface area (Å²) in [6.07, 6.45) is 1.40. The highest BCUT2D eigenvalue weighted by molar-refractivity contribution is 8.00. The second kappa shape index (κ2) is 8.11. The predicted molar refractivity (Wildman–Crippen MR) is 127 cm³/mol. The van der Waals surface area contributed by atoms with Crippen LogP contribution in [0.5, 0.6) is 5.75 Å². The first kappa shape index (κ1) is 21.8. The van der Waals surface area contributed by atoms with E-state index in [4.69, 9.17) is 9.47 Å². The maximum atomic E-state index is 13.2. The van der Waals surface area contributed by atoms with E-state index in [0.717, 1.165) is 5.39 Å². The molecule has 9 nitrogen and oxygen atoms in total. The van der Waals surface area contributed by atoms with Crippen molar-refractivity contribution in [1.82, 2.24) is 14.8 Å². The summed E-state index contributed by atoms with van der Waals surface area (Å²) < 4.78 is 12.9. The minimum absolute atomic E-state index is 0.0339. The molecule has 0 saturated carbocycles. The van der Waals surface area contributed by atoms with Gasteiger partial charge < -0.3 is 19.8 Å². The van der Waals surface area contributed by atoms with Crippen molar-refractivity contribution >= 4 is 34.4 Å². The van der Waals surface area contributed by atoms with Gasteiger partial charge in [-0.2, -0.15) is 0 Å². The van der Waals surface area contributed by atoms with Gasteiger partial charge >= 0.3 is 0 Å². The maximum absolute atomic E-state index is 13.2. The summed E-state index contributed by atoms with van der Waals surface area (Å²) in [5, 5.41) is 6.03. The number of ether oxygens (including phenoxy) is 2.